The summed E-state index contributed by atoms with van der Waals surface area (Å²) in [6.45, 7) is 5.45. The van der Waals surface area contributed by atoms with Gasteiger partial charge in [0.2, 0.25) is 0 Å². The fourth-order valence-electron chi connectivity index (χ4n) is 6.31. The quantitative estimate of drug-likeness (QED) is 0.267. The molecule has 2 aliphatic rings. The minimum absolute atomic E-state index is 0.196. The van der Waals surface area contributed by atoms with Crippen molar-refractivity contribution in [2.45, 2.75) is 32.9 Å². The molecule has 1 heterocycles. The smallest absolute Gasteiger partial charge is 0.111 e. The number of anilines is 3. The van der Waals surface area contributed by atoms with E-state index in [2.05, 4.69) is 133 Å². The molecule has 6 rings (SSSR count). The number of fused-ring (bicyclic) bond motifs is 1. The van der Waals surface area contributed by atoms with Gasteiger partial charge in [-0.2, -0.15) is 0 Å². The summed E-state index contributed by atoms with van der Waals surface area (Å²) in [4.78, 5) is 5.19. The van der Waals surface area contributed by atoms with Crippen LogP contribution in [0.1, 0.15) is 26.7 Å². The normalized spacial score (nSPS) is 20.2. The molecule has 0 aromatic heterocycles. The molecule has 0 saturated carbocycles. The molecule has 0 bridgehead atoms. The molecule has 196 valence electrons. The van der Waals surface area contributed by atoms with Gasteiger partial charge in [-0.15, -0.1) is 0 Å². The Balaban J connectivity index is 1.47. The Bertz CT molecular complexity index is 1430. The van der Waals surface area contributed by atoms with Gasteiger partial charge in [0.1, 0.15) is 11.9 Å². The third-order valence-electron chi connectivity index (χ3n) is 8.25. The topological polar surface area (TPSA) is 26.7 Å². The van der Waals surface area contributed by atoms with Crippen molar-refractivity contribution in [1.82, 2.24) is 0 Å². The van der Waals surface area contributed by atoms with Crippen LogP contribution in [-0.2, 0) is 0 Å². The summed E-state index contributed by atoms with van der Waals surface area (Å²) in [6, 6.07) is 37.1. The molecule has 0 saturated heterocycles. The van der Waals surface area contributed by atoms with Gasteiger partial charge in [-0.1, -0.05) is 111 Å². The van der Waals surface area contributed by atoms with Gasteiger partial charge in [0.25, 0.3) is 0 Å². The standard InChI is InChI=1S/C36H36N2O/c1-3-35-37(24-23-27-21-22-30(39)25-26(27)2)33-19-10-11-20-34(33)38(35)36-31(28-13-6-4-7-14-28)17-12-18-32(36)29-15-8-5-9-16-29/h4-22,25-27,35,39H,3,23-24H2,1-2H3. The first-order chi connectivity index (χ1) is 19.2. The first-order valence-corrected chi connectivity index (χ1v) is 14.1. The van der Waals surface area contributed by atoms with Crippen molar-refractivity contribution >= 4 is 17.1 Å². The maximum absolute atomic E-state index is 9.95. The Labute approximate surface area is 232 Å². The summed E-state index contributed by atoms with van der Waals surface area (Å²) in [7, 11) is 0. The maximum Gasteiger partial charge on any atom is 0.111 e. The molecule has 3 heteroatoms. The van der Waals surface area contributed by atoms with Gasteiger partial charge in [-0.3, -0.25) is 0 Å². The number of para-hydroxylation sites is 3. The number of allylic oxidation sites excluding steroid dienone is 3. The van der Waals surface area contributed by atoms with Gasteiger partial charge < -0.3 is 14.9 Å². The van der Waals surface area contributed by atoms with Crippen LogP contribution in [0.2, 0.25) is 0 Å². The molecule has 1 aliphatic carbocycles. The Hall–Kier alpha value is -4.24. The van der Waals surface area contributed by atoms with E-state index in [4.69, 9.17) is 0 Å². The third-order valence-corrected chi connectivity index (χ3v) is 8.25. The van der Waals surface area contributed by atoms with Crippen LogP contribution in [0.15, 0.2) is 127 Å². The molecule has 3 nitrogen and oxygen atoms in total. The number of rotatable bonds is 7. The summed E-state index contributed by atoms with van der Waals surface area (Å²) in [5.74, 6) is 1.12. The lowest BCUT2D eigenvalue weighted by molar-refractivity contribution is 0.391. The molecule has 0 spiro atoms. The van der Waals surface area contributed by atoms with E-state index in [1.54, 1.807) is 0 Å². The van der Waals surface area contributed by atoms with E-state index >= 15 is 0 Å². The minimum Gasteiger partial charge on any atom is -0.508 e. The van der Waals surface area contributed by atoms with Crippen molar-refractivity contribution < 1.29 is 5.11 Å². The molecule has 1 N–H and O–H groups in total. The van der Waals surface area contributed by atoms with Gasteiger partial charge in [0, 0.05) is 17.7 Å². The number of aliphatic hydroxyl groups excluding tert-OH is 1. The summed E-state index contributed by atoms with van der Waals surface area (Å²) >= 11 is 0. The van der Waals surface area contributed by atoms with Gasteiger partial charge in [-0.05, 0) is 60.1 Å². The molecule has 0 radical (unpaired) electrons. The Morgan fingerprint density at radius 2 is 1.31 bits per heavy atom. The number of hydrogen-bond donors (Lipinski definition) is 1. The number of nitrogens with zero attached hydrogens (tertiary/aromatic N) is 2. The van der Waals surface area contributed by atoms with E-state index in [-0.39, 0.29) is 6.17 Å². The molecule has 1 aliphatic heterocycles. The van der Waals surface area contributed by atoms with Crippen LogP contribution in [0.5, 0.6) is 0 Å². The predicted molar refractivity (Wildman–Crippen MR) is 164 cm³/mol. The van der Waals surface area contributed by atoms with E-state index in [1.807, 2.05) is 12.2 Å². The SMILES string of the molecule is CCC1N(CCC2C=CC(O)=CC2C)c2ccccc2N1c1c(-c2ccccc2)cccc1-c1ccccc1. The highest BCUT2D eigenvalue weighted by Crippen LogP contribution is 2.51. The first-order valence-electron chi connectivity index (χ1n) is 14.1. The number of benzene rings is 4. The highest BCUT2D eigenvalue weighted by Gasteiger charge is 2.38. The zero-order chi connectivity index (χ0) is 26.8. The van der Waals surface area contributed by atoms with Crippen molar-refractivity contribution in [3.05, 3.63) is 127 Å². The van der Waals surface area contributed by atoms with Crippen LogP contribution in [-0.4, -0.2) is 17.8 Å². The van der Waals surface area contributed by atoms with Crippen molar-refractivity contribution in [1.29, 1.82) is 0 Å². The fraction of sp³-hybridized carbons (Fsp3) is 0.222. The van der Waals surface area contributed by atoms with Crippen molar-refractivity contribution in [3.8, 4) is 22.3 Å². The number of aliphatic hydroxyl groups is 1. The van der Waals surface area contributed by atoms with Crippen LogP contribution < -0.4 is 9.80 Å². The van der Waals surface area contributed by atoms with Crippen molar-refractivity contribution in [2.75, 3.05) is 16.3 Å². The molecule has 0 fully saturated rings. The maximum atomic E-state index is 9.95. The lowest BCUT2D eigenvalue weighted by atomic mass is 9.86. The van der Waals surface area contributed by atoms with Crippen LogP contribution in [0, 0.1) is 11.8 Å². The van der Waals surface area contributed by atoms with Crippen molar-refractivity contribution in [3.63, 3.8) is 0 Å². The van der Waals surface area contributed by atoms with Gasteiger partial charge in [-0.25, -0.2) is 0 Å². The lowest BCUT2D eigenvalue weighted by Crippen LogP contribution is -2.42. The molecule has 4 aromatic rings. The zero-order valence-electron chi connectivity index (χ0n) is 22.7. The highest BCUT2D eigenvalue weighted by molar-refractivity contribution is 5.97. The van der Waals surface area contributed by atoms with Gasteiger partial charge >= 0.3 is 0 Å². The van der Waals surface area contributed by atoms with Gasteiger partial charge in [0.05, 0.1) is 17.1 Å². The molecule has 3 atom stereocenters. The Morgan fingerprint density at radius 1 is 0.718 bits per heavy atom. The summed E-state index contributed by atoms with van der Waals surface area (Å²) in [5.41, 5.74) is 8.75. The van der Waals surface area contributed by atoms with Crippen molar-refractivity contribution in [2.24, 2.45) is 11.8 Å². The predicted octanol–water partition coefficient (Wildman–Crippen LogP) is 9.37. The largest absolute Gasteiger partial charge is 0.508 e. The fourth-order valence-corrected chi connectivity index (χ4v) is 6.31. The van der Waals surface area contributed by atoms with Crippen LogP contribution >= 0.6 is 0 Å². The average molecular weight is 513 g/mol. The second-order valence-corrected chi connectivity index (χ2v) is 10.6. The Morgan fingerprint density at radius 3 is 1.90 bits per heavy atom. The average Bonchev–Trinajstić information content (AvgIpc) is 3.30. The second kappa shape index (κ2) is 10.9. The van der Waals surface area contributed by atoms with E-state index in [0.717, 1.165) is 19.4 Å². The minimum atomic E-state index is 0.196. The summed E-state index contributed by atoms with van der Waals surface area (Å²) in [5, 5.41) is 9.95. The molecule has 3 unspecified atom stereocenters. The van der Waals surface area contributed by atoms with Crippen LogP contribution in [0.4, 0.5) is 17.1 Å². The Kier molecular flexibility index (Phi) is 6.98. The highest BCUT2D eigenvalue weighted by atomic mass is 16.3. The molecule has 39 heavy (non-hydrogen) atoms. The van der Waals surface area contributed by atoms with E-state index in [1.165, 1.54) is 39.3 Å². The first kappa shape index (κ1) is 25.1. The van der Waals surface area contributed by atoms with E-state index in [0.29, 0.717) is 17.6 Å². The molecular weight excluding hydrogens is 476 g/mol. The second-order valence-electron chi connectivity index (χ2n) is 10.6. The van der Waals surface area contributed by atoms with E-state index in [9.17, 15) is 5.11 Å². The van der Waals surface area contributed by atoms with Gasteiger partial charge in [0.15, 0.2) is 0 Å². The summed E-state index contributed by atoms with van der Waals surface area (Å²) in [6.07, 6.45) is 8.23. The number of hydrogen-bond acceptors (Lipinski definition) is 3. The third kappa shape index (κ3) is 4.74. The van der Waals surface area contributed by atoms with Crippen LogP contribution in [0.25, 0.3) is 22.3 Å². The summed E-state index contributed by atoms with van der Waals surface area (Å²) < 4.78 is 0. The molecule has 0 amide bonds. The zero-order valence-corrected chi connectivity index (χ0v) is 22.7. The monoisotopic (exact) mass is 512 g/mol. The lowest BCUT2D eigenvalue weighted by Gasteiger charge is -2.36. The molecule has 4 aromatic carbocycles. The van der Waals surface area contributed by atoms with Crippen LogP contribution in [0.3, 0.4) is 0 Å². The van der Waals surface area contributed by atoms with E-state index < -0.39 is 0 Å². The molecular formula is C36H36N2O.